The highest BCUT2D eigenvalue weighted by Crippen LogP contribution is 2.34. The molecule has 0 unspecified atom stereocenters. The number of benzene rings is 1. The van der Waals surface area contributed by atoms with Gasteiger partial charge in [-0.15, -0.1) is 0 Å². The van der Waals surface area contributed by atoms with Crippen LogP contribution in [0.3, 0.4) is 0 Å². The van der Waals surface area contributed by atoms with E-state index in [0.29, 0.717) is 12.8 Å². The Balaban J connectivity index is 2.30. The van der Waals surface area contributed by atoms with Crippen LogP contribution in [0.4, 0.5) is 14.5 Å². The molecule has 0 aromatic heterocycles. The SMILES string of the molecule is O=C(O)CCN(C(=O)C1CC1)c1c(F)cccc1F. The van der Waals surface area contributed by atoms with Gasteiger partial charge < -0.3 is 10.0 Å². The zero-order chi connectivity index (χ0) is 14.0. The quantitative estimate of drug-likeness (QED) is 0.891. The van der Waals surface area contributed by atoms with Gasteiger partial charge in [0.1, 0.15) is 17.3 Å². The van der Waals surface area contributed by atoms with Gasteiger partial charge in [-0.25, -0.2) is 8.78 Å². The minimum Gasteiger partial charge on any atom is -0.481 e. The van der Waals surface area contributed by atoms with Crippen LogP contribution in [0.15, 0.2) is 18.2 Å². The zero-order valence-corrected chi connectivity index (χ0v) is 10.1. The number of carbonyl (C=O) groups is 2. The van der Waals surface area contributed by atoms with Crippen LogP contribution in [-0.4, -0.2) is 23.5 Å². The molecule has 0 aliphatic heterocycles. The van der Waals surface area contributed by atoms with Crippen LogP contribution in [-0.2, 0) is 9.59 Å². The van der Waals surface area contributed by atoms with Crippen molar-refractivity contribution < 1.29 is 23.5 Å². The lowest BCUT2D eigenvalue weighted by Crippen LogP contribution is -2.35. The molecule has 6 heteroatoms. The van der Waals surface area contributed by atoms with Crippen molar-refractivity contribution in [1.82, 2.24) is 0 Å². The van der Waals surface area contributed by atoms with E-state index >= 15 is 0 Å². The molecule has 0 bridgehead atoms. The Labute approximate surface area is 108 Å². The summed E-state index contributed by atoms with van der Waals surface area (Å²) in [6.45, 7) is -0.234. The summed E-state index contributed by atoms with van der Waals surface area (Å²) in [5.74, 6) is -3.50. The number of hydrogen-bond donors (Lipinski definition) is 1. The van der Waals surface area contributed by atoms with Gasteiger partial charge in [0.15, 0.2) is 0 Å². The Morgan fingerprint density at radius 3 is 2.32 bits per heavy atom. The molecular weight excluding hydrogens is 256 g/mol. The lowest BCUT2D eigenvalue weighted by atomic mass is 10.2. The molecule has 1 fully saturated rings. The van der Waals surface area contributed by atoms with Crippen LogP contribution in [0.25, 0.3) is 0 Å². The van der Waals surface area contributed by atoms with Crippen LogP contribution in [0.2, 0.25) is 0 Å². The second-order valence-corrected chi connectivity index (χ2v) is 4.48. The van der Waals surface area contributed by atoms with Gasteiger partial charge in [-0.1, -0.05) is 6.07 Å². The summed E-state index contributed by atoms with van der Waals surface area (Å²) in [5.41, 5.74) is -0.458. The highest BCUT2D eigenvalue weighted by atomic mass is 19.1. The molecule has 1 aromatic rings. The fourth-order valence-electron chi connectivity index (χ4n) is 1.84. The van der Waals surface area contributed by atoms with E-state index in [2.05, 4.69) is 0 Å². The second-order valence-electron chi connectivity index (χ2n) is 4.48. The number of rotatable bonds is 5. The minimum absolute atomic E-state index is 0.234. The van der Waals surface area contributed by atoms with E-state index in [4.69, 9.17) is 5.11 Å². The number of halogens is 2. The number of hydrogen-bond acceptors (Lipinski definition) is 2. The molecule has 0 atom stereocenters. The maximum absolute atomic E-state index is 13.7. The normalized spacial score (nSPS) is 14.2. The summed E-state index contributed by atoms with van der Waals surface area (Å²) in [6, 6.07) is 3.30. The molecule has 0 saturated heterocycles. The largest absolute Gasteiger partial charge is 0.481 e. The molecule has 1 aromatic carbocycles. The summed E-state index contributed by atoms with van der Waals surface area (Å²) in [6.07, 6.45) is 1.00. The average Bonchev–Trinajstić information content (AvgIpc) is 3.15. The van der Waals surface area contributed by atoms with Crippen molar-refractivity contribution in [3.05, 3.63) is 29.8 Å². The summed E-state index contributed by atoms with van der Waals surface area (Å²) >= 11 is 0. The molecular formula is C13H13F2NO3. The standard InChI is InChI=1S/C13H13F2NO3/c14-9-2-1-3-10(15)12(9)16(7-6-11(17)18)13(19)8-4-5-8/h1-3,8H,4-7H2,(H,17,18). The first-order valence-electron chi connectivity index (χ1n) is 5.98. The van der Waals surface area contributed by atoms with Crippen LogP contribution >= 0.6 is 0 Å². The van der Waals surface area contributed by atoms with Crippen LogP contribution in [0.1, 0.15) is 19.3 Å². The predicted octanol–water partition coefficient (Wildman–Crippen LogP) is 2.18. The van der Waals surface area contributed by atoms with Gasteiger partial charge in [-0.3, -0.25) is 9.59 Å². The molecule has 1 aliphatic rings. The topological polar surface area (TPSA) is 57.6 Å². The maximum Gasteiger partial charge on any atom is 0.305 e. The first-order valence-corrected chi connectivity index (χ1v) is 5.98. The lowest BCUT2D eigenvalue weighted by molar-refractivity contribution is -0.136. The number of anilines is 1. The molecule has 1 amide bonds. The van der Waals surface area contributed by atoms with Crippen molar-refractivity contribution in [2.24, 2.45) is 5.92 Å². The fourth-order valence-corrected chi connectivity index (χ4v) is 1.84. The number of carbonyl (C=O) groups excluding carboxylic acids is 1. The van der Waals surface area contributed by atoms with E-state index in [1.807, 2.05) is 0 Å². The molecule has 0 radical (unpaired) electrons. The van der Waals surface area contributed by atoms with E-state index in [-0.39, 0.29) is 18.9 Å². The first kappa shape index (κ1) is 13.5. The molecule has 102 valence electrons. The van der Waals surface area contributed by atoms with Gasteiger partial charge in [-0.05, 0) is 25.0 Å². The van der Waals surface area contributed by atoms with E-state index < -0.39 is 29.2 Å². The number of aliphatic carboxylic acids is 1. The number of carboxylic acids is 1. The van der Waals surface area contributed by atoms with Crippen molar-refractivity contribution in [3.63, 3.8) is 0 Å². The van der Waals surface area contributed by atoms with Crippen LogP contribution in [0, 0.1) is 17.6 Å². The Hall–Kier alpha value is -1.98. The first-order chi connectivity index (χ1) is 9.00. The highest BCUT2D eigenvalue weighted by molar-refractivity contribution is 5.97. The molecule has 1 aliphatic carbocycles. The predicted molar refractivity (Wildman–Crippen MR) is 63.7 cm³/mol. The smallest absolute Gasteiger partial charge is 0.305 e. The van der Waals surface area contributed by atoms with Crippen LogP contribution in [0.5, 0.6) is 0 Å². The molecule has 0 heterocycles. The highest BCUT2D eigenvalue weighted by Gasteiger charge is 2.35. The molecule has 19 heavy (non-hydrogen) atoms. The van der Waals surface area contributed by atoms with Gasteiger partial charge >= 0.3 is 5.97 Å². The Kier molecular flexibility index (Phi) is 3.78. The summed E-state index contributed by atoms with van der Waals surface area (Å²) in [7, 11) is 0. The number of carboxylic acid groups (broad SMARTS) is 1. The Morgan fingerprint density at radius 1 is 1.26 bits per heavy atom. The number of amides is 1. The summed E-state index contributed by atoms with van der Waals surface area (Å²) in [4.78, 5) is 23.5. The van der Waals surface area contributed by atoms with Crippen molar-refractivity contribution in [2.75, 3.05) is 11.4 Å². The monoisotopic (exact) mass is 269 g/mol. The molecule has 4 nitrogen and oxygen atoms in total. The number of para-hydroxylation sites is 1. The molecule has 2 rings (SSSR count). The van der Waals surface area contributed by atoms with Crippen molar-refractivity contribution >= 4 is 17.6 Å². The van der Waals surface area contributed by atoms with Gasteiger partial charge in [0.05, 0.1) is 6.42 Å². The van der Waals surface area contributed by atoms with E-state index in [0.717, 1.165) is 17.0 Å². The van der Waals surface area contributed by atoms with Crippen LogP contribution < -0.4 is 4.90 Å². The Morgan fingerprint density at radius 2 is 1.84 bits per heavy atom. The van der Waals surface area contributed by atoms with Gasteiger partial charge in [-0.2, -0.15) is 0 Å². The van der Waals surface area contributed by atoms with Gasteiger partial charge in [0.25, 0.3) is 0 Å². The second kappa shape index (κ2) is 5.34. The molecule has 1 saturated carbocycles. The van der Waals surface area contributed by atoms with Gasteiger partial charge in [0.2, 0.25) is 5.91 Å². The summed E-state index contributed by atoms with van der Waals surface area (Å²) < 4.78 is 27.4. The van der Waals surface area contributed by atoms with Gasteiger partial charge in [0, 0.05) is 12.5 Å². The summed E-state index contributed by atoms with van der Waals surface area (Å²) in [5, 5.41) is 8.66. The third-order valence-electron chi connectivity index (χ3n) is 2.95. The average molecular weight is 269 g/mol. The molecule has 1 N–H and O–H groups in total. The van der Waals surface area contributed by atoms with Crippen molar-refractivity contribution in [1.29, 1.82) is 0 Å². The maximum atomic E-state index is 13.7. The third-order valence-corrected chi connectivity index (χ3v) is 2.95. The van der Waals surface area contributed by atoms with Crippen molar-refractivity contribution in [3.8, 4) is 0 Å². The zero-order valence-electron chi connectivity index (χ0n) is 10.1. The third kappa shape index (κ3) is 3.07. The van der Waals surface area contributed by atoms with E-state index in [9.17, 15) is 18.4 Å². The van der Waals surface area contributed by atoms with E-state index in [1.165, 1.54) is 6.07 Å². The number of nitrogens with zero attached hydrogens (tertiary/aromatic N) is 1. The lowest BCUT2D eigenvalue weighted by Gasteiger charge is -2.23. The Bertz CT molecular complexity index is 494. The van der Waals surface area contributed by atoms with E-state index in [1.54, 1.807) is 0 Å². The fraction of sp³-hybridized carbons (Fsp3) is 0.385. The molecule has 0 spiro atoms. The van der Waals surface area contributed by atoms with Crippen molar-refractivity contribution in [2.45, 2.75) is 19.3 Å². The minimum atomic E-state index is -1.12.